The third kappa shape index (κ3) is 3.47. The largest absolute Gasteiger partial charge is 0.481 e. The number of nitrogens with one attached hydrogen (secondary N) is 1. The van der Waals surface area contributed by atoms with Crippen LogP contribution in [0.25, 0.3) is 10.9 Å². The molecule has 8 heteroatoms. The number of pyridine rings is 1. The number of methoxy groups -OCH3 is 1. The number of rotatable bonds is 4. The van der Waals surface area contributed by atoms with Gasteiger partial charge in [0.25, 0.3) is 5.56 Å². The van der Waals surface area contributed by atoms with Crippen molar-refractivity contribution in [3.63, 3.8) is 0 Å². The second kappa shape index (κ2) is 6.68. The molecule has 0 fully saturated rings. The molecule has 0 atom stereocenters. The first-order valence-corrected chi connectivity index (χ1v) is 7.44. The molecule has 1 aromatic carbocycles. The lowest BCUT2D eigenvalue weighted by molar-refractivity contribution is -0.116. The van der Waals surface area contributed by atoms with Crippen LogP contribution in [0, 0.1) is 12.7 Å². The predicted octanol–water partition coefficient (Wildman–Crippen LogP) is 1.89. The molecule has 2 aromatic heterocycles. The maximum absolute atomic E-state index is 13.4. The minimum atomic E-state index is -0.532. The van der Waals surface area contributed by atoms with Gasteiger partial charge in [-0.3, -0.25) is 14.2 Å². The highest BCUT2D eigenvalue weighted by Crippen LogP contribution is 2.12. The summed E-state index contributed by atoms with van der Waals surface area (Å²) in [6, 6.07) is 7.03. The van der Waals surface area contributed by atoms with Gasteiger partial charge < -0.3 is 10.1 Å². The van der Waals surface area contributed by atoms with E-state index in [-0.39, 0.29) is 11.9 Å². The fraction of sp³-hybridized carbons (Fsp3) is 0.176. The van der Waals surface area contributed by atoms with Crippen LogP contribution >= 0.6 is 0 Å². The molecular formula is C17H15FN4O3. The predicted molar refractivity (Wildman–Crippen MR) is 90.1 cm³/mol. The normalized spacial score (nSPS) is 10.7. The van der Waals surface area contributed by atoms with E-state index in [1.54, 1.807) is 19.1 Å². The average Bonchev–Trinajstić information content (AvgIpc) is 2.60. The van der Waals surface area contributed by atoms with Gasteiger partial charge in [0.05, 0.1) is 29.9 Å². The molecule has 0 aliphatic carbocycles. The zero-order valence-electron chi connectivity index (χ0n) is 13.6. The first kappa shape index (κ1) is 16.6. The van der Waals surface area contributed by atoms with Crippen molar-refractivity contribution < 1.29 is 13.9 Å². The van der Waals surface area contributed by atoms with Gasteiger partial charge in [0.15, 0.2) is 0 Å². The number of carbonyl (C=O) groups is 1. The maximum Gasteiger partial charge on any atom is 0.261 e. The van der Waals surface area contributed by atoms with Crippen LogP contribution in [-0.4, -0.2) is 27.6 Å². The number of hydrogen-bond donors (Lipinski definition) is 1. The van der Waals surface area contributed by atoms with Gasteiger partial charge in [-0.25, -0.2) is 14.4 Å². The summed E-state index contributed by atoms with van der Waals surface area (Å²) in [6.45, 7) is 1.38. The van der Waals surface area contributed by atoms with Gasteiger partial charge in [0.1, 0.15) is 18.2 Å². The zero-order chi connectivity index (χ0) is 18.0. The van der Waals surface area contributed by atoms with Crippen LogP contribution < -0.4 is 15.6 Å². The van der Waals surface area contributed by atoms with Crippen LogP contribution in [0.3, 0.4) is 0 Å². The molecule has 1 amide bonds. The van der Waals surface area contributed by atoms with E-state index in [1.165, 1.54) is 30.0 Å². The number of hydrogen-bond acceptors (Lipinski definition) is 5. The van der Waals surface area contributed by atoms with Crippen LogP contribution in [0.4, 0.5) is 10.1 Å². The van der Waals surface area contributed by atoms with Gasteiger partial charge in [0.2, 0.25) is 11.8 Å². The summed E-state index contributed by atoms with van der Waals surface area (Å²) < 4.78 is 19.5. The van der Waals surface area contributed by atoms with E-state index >= 15 is 0 Å². The third-order valence-corrected chi connectivity index (χ3v) is 3.64. The van der Waals surface area contributed by atoms with Gasteiger partial charge in [-0.1, -0.05) is 0 Å². The van der Waals surface area contributed by atoms with E-state index in [0.29, 0.717) is 22.9 Å². The highest BCUT2D eigenvalue weighted by Gasteiger charge is 2.12. The number of nitrogens with zero attached hydrogens (tertiary/aromatic N) is 3. The van der Waals surface area contributed by atoms with Crippen LogP contribution in [-0.2, 0) is 11.3 Å². The minimum Gasteiger partial charge on any atom is -0.481 e. The Morgan fingerprint density at radius 1 is 1.32 bits per heavy atom. The lowest BCUT2D eigenvalue weighted by Crippen LogP contribution is -2.30. The summed E-state index contributed by atoms with van der Waals surface area (Å²) in [4.78, 5) is 33.0. The number of halogens is 1. The van der Waals surface area contributed by atoms with E-state index in [2.05, 4.69) is 15.3 Å². The highest BCUT2D eigenvalue weighted by molar-refractivity contribution is 5.90. The molecule has 25 heavy (non-hydrogen) atoms. The minimum absolute atomic E-state index is 0.129. The lowest BCUT2D eigenvalue weighted by Gasteiger charge is -2.11. The van der Waals surface area contributed by atoms with Gasteiger partial charge >= 0.3 is 0 Å². The Kier molecular flexibility index (Phi) is 4.42. The molecule has 3 rings (SSSR count). The highest BCUT2D eigenvalue weighted by atomic mass is 19.1. The summed E-state index contributed by atoms with van der Waals surface area (Å²) in [5, 5.41) is 2.77. The van der Waals surface area contributed by atoms with Crippen molar-refractivity contribution in [2.45, 2.75) is 13.5 Å². The van der Waals surface area contributed by atoms with Gasteiger partial charge in [0, 0.05) is 6.07 Å². The van der Waals surface area contributed by atoms with Crippen LogP contribution in [0.15, 0.2) is 41.3 Å². The number of amides is 1. The summed E-state index contributed by atoms with van der Waals surface area (Å²) in [6.07, 6.45) is 1.44. The van der Waals surface area contributed by atoms with Crippen molar-refractivity contribution in [1.29, 1.82) is 0 Å². The van der Waals surface area contributed by atoms with Crippen LogP contribution in [0.2, 0.25) is 0 Å². The van der Waals surface area contributed by atoms with E-state index in [1.807, 2.05) is 0 Å². The molecule has 0 bridgehead atoms. The number of aryl methyl sites for hydroxylation is 1. The summed E-state index contributed by atoms with van der Waals surface area (Å²) in [5.74, 6) is -0.164. The SMILES string of the molecule is COc1ccc(NC(=O)Cn2c(C)nc3ccc(F)cc3c2=O)cn1. The molecule has 7 nitrogen and oxygen atoms in total. The molecule has 0 saturated heterocycles. The van der Waals surface area contributed by atoms with Crippen LogP contribution in [0.1, 0.15) is 5.82 Å². The molecule has 0 aliphatic rings. The zero-order valence-corrected chi connectivity index (χ0v) is 13.6. The number of benzene rings is 1. The van der Waals surface area contributed by atoms with Crippen molar-refractivity contribution in [3.05, 3.63) is 58.5 Å². The first-order chi connectivity index (χ1) is 12.0. The lowest BCUT2D eigenvalue weighted by atomic mass is 10.2. The maximum atomic E-state index is 13.4. The molecule has 0 aliphatic heterocycles. The van der Waals surface area contributed by atoms with Crippen molar-refractivity contribution in [3.8, 4) is 5.88 Å². The molecule has 2 heterocycles. The molecule has 3 aromatic rings. The third-order valence-electron chi connectivity index (χ3n) is 3.64. The fourth-order valence-corrected chi connectivity index (χ4v) is 2.41. The summed E-state index contributed by atoms with van der Waals surface area (Å²) >= 11 is 0. The number of anilines is 1. The van der Waals surface area contributed by atoms with Gasteiger partial charge in [-0.05, 0) is 31.2 Å². The summed E-state index contributed by atoms with van der Waals surface area (Å²) in [7, 11) is 1.49. The molecule has 0 spiro atoms. The average molecular weight is 342 g/mol. The Morgan fingerprint density at radius 2 is 2.12 bits per heavy atom. The van der Waals surface area contributed by atoms with E-state index in [0.717, 1.165) is 6.07 Å². The second-order valence-corrected chi connectivity index (χ2v) is 5.35. The molecule has 128 valence electrons. The fourth-order valence-electron chi connectivity index (χ4n) is 2.41. The number of carbonyl (C=O) groups excluding carboxylic acids is 1. The Bertz CT molecular complexity index is 999. The monoisotopic (exact) mass is 342 g/mol. The topological polar surface area (TPSA) is 86.1 Å². The summed E-state index contributed by atoms with van der Waals surface area (Å²) in [5.41, 5.74) is 0.390. The van der Waals surface area contributed by atoms with Crippen molar-refractivity contribution in [2.75, 3.05) is 12.4 Å². The van der Waals surface area contributed by atoms with Gasteiger partial charge in [-0.2, -0.15) is 0 Å². The van der Waals surface area contributed by atoms with Crippen molar-refractivity contribution >= 4 is 22.5 Å². The van der Waals surface area contributed by atoms with E-state index in [4.69, 9.17) is 4.74 Å². The van der Waals surface area contributed by atoms with Crippen molar-refractivity contribution in [2.24, 2.45) is 0 Å². The molecule has 0 unspecified atom stereocenters. The van der Waals surface area contributed by atoms with Gasteiger partial charge in [-0.15, -0.1) is 0 Å². The Labute approximate surface area is 142 Å². The number of aromatic nitrogens is 3. The Hall–Kier alpha value is -3.29. The number of ether oxygens (including phenoxy) is 1. The Morgan fingerprint density at radius 3 is 2.80 bits per heavy atom. The standard InChI is InChI=1S/C17H15FN4O3/c1-10-20-14-5-3-11(18)7-13(14)17(24)22(10)9-15(23)21-12-4-6-16(25-2)19-8-12/h3-8H,9H2,1-2H3,(H,21,23). The van der Waals surface area contributed by atoms with E-state index in [9.17, 15) is 14.0 Å². The first-order valence-electron chi connectivity index (χ1n) is 7.44. The van der Waals surface area contributed by atoms with Crippen LogP contribution in [0.5, 0.6) is 5.88 Å². The quantitative estimate of drug-likeness (QED) is 0.782. The molecular weight excluding hydrogens is 327 g/mol. The molecule has 1 N–H and O–H groups in total. The number of fused-ring (bicyclic) bond motifs is 1. The second-order valence-electron chi connectivity index (χ2n) is 5.35. The molecule has 0 radical (unpaired) electrons. The van der Waals surface area contributed by atoms with Crippen molar-refractivity contribution in [1.82, 2.24) is 14.5 Å². The van der Waals surface area contributed by atoms with E-state index < -0.39 is 17.3 Å². The Balaban J connectivity index is 1.86. The smallest absolute Gasteiger partial charge is 0.261 e. The molecule has 0 saturated carbocycles.